The molecule has 7 nitrogen and oxygen atoms in total. The molecule has 1 aliphatic heterocycles. The van der Waals surface area contributed by atoms with Gasteiger partial charge in [0, 0.05) is 18.7 Å². The molecule has 136 valence electrons. The number of likely N-dealkylation sites (tertiary alicyclic amines) is 1. The van der Waals surface area contributed by atoms with Crippen molar-refractivity contribution in [1.82, 2.24) is 10.2 Å². The molecule has 0 unspecified atom stereocenters. The molecule has 2 rings (SSSR count). The molecule has 1 aliphatic rings. The molecule has 1 fully saturated rings. The van der Waals surface area contributed by atoms with Crippen LogP contribution in [0.4, 0.5) is 0 Å². The van der Waals surface area contributed by atoms with E-state index < -0.39 is 18.0 Å². The van der Waals surface area contributed by atoms with Gasteiger partial charge in [0.05, 0.1) is 7.11 Å². The Hall–Kier alpha value is -2.57. The van der Waals surface area contributed by atoms with Crippen molar-refractivity contribution in [2.75, 3.05) is 26.7 Å². The molecule has 1 heterocycles. The summed E-state index contributed by atoms with van der Waals surface area (Å²) in [6.07, 6.45) is 2.23. The maximum atomic E-state index is 12.2. The van der Waals surface area contributed by atoms with Crippen molar-refractivity contribution in [3.8, 4) is 5.75 Å². The lowest BCUT2D eigenvalue weighted by Gasteiger charge is -2.28. The minimum Gasteiger partial charge on any atom is -0.497 e. The van der Waals surface area contributed by atoms with Crippen LogP contribution in [-0.4, -0.2) is 55.5 Å². The number of methoxy groups -OCH3 is 1. The number of piperidine rings is 1. The van der Waals surface area contributed by atoms with Crippen LogP contribution >= 0.6 is 0 Å². The fourth-order valence-corrected chi connectivity index (χ4v) is 2.66. The number of carbonyl (C=O) groups excluding carboxylic acids is 3. The van der Waals surface area contributed by atoms with Crippen molar-refractivity contribution in [2.24, 2.45) is 0 Å². The first-order valence-corrected chi connectivity index (χ1v) is 8.42. The summed E-state index contributed by atoms with van der Waals surface area (Å²) < 4.78 is 10.1. The Morgan fingerprint density at radius 2 is 1.76 bits per heavy atom. The number of amides is 2. The summed E-state index contributed by atoms with van der Waals surface area (Å²) in [7, 11) is 1.54. The molecule has 0 saturated carbocycles. The van der Waals surface area contributed by atoms with Gasteiger partial charge in [0.15, 0.2) is 6.10 Å². The molecule has 0 bridgehead atoms. The van der Waals surface area contributed by atoms with Crippen molar-refractivity contribution >= 4 is 17.8 Å². The number of hydrogen-bond acceptors (Lipinski definition) is 5. The summed E-state index contributed by atoms with van der Waals surface area (Å²) in [5.74, 6) is -0.579. The van der Waals surface area contributed by atoms with Gasteiger partial charge < -0.3 is 19.7 Å². The summed E-state index contributed by atoms with van der Waals surface area (Å²) in [5, 5.41) is 2.48. The highest BCUT2D eigenvalue weighted by Crippen LogP contribution is 2.12. The lowest BCUT2D eigenvalue weighted by atomic mass is 10.1. The predicted octanol–water partition coefficient (Wildman–Crippen LogP) is 1.37. The summed E-state index contributed by atoms with van der Waals surface area (Å²) in [5.41, 5.74) is 0.408. The smallest absolute Gasteiger partial charge is 0.326 e. The van der Waals surface area contributed by atoms with Crippen molar-refractivity contribution in [1.29, 1.82) is 0 Å². The minimum atomic E-state index is -0.844. The van der Waals surface area contributed by atoms with Crippen molar-refractivity contribution in [3.05, 3.63) is 29.8 Å². The van der Waals surface area contributed by atoms with Gasteiger partial charge in [0.25, 0.3) is 11.8 Å². The molecule has 0 aliphatic carbocycles. The van der Waals surface area contributed by atoms with Crippen LogP contribution in [0.2, 0.25) is 0 Å². The largest absolute Gasteiger partial charge is 0.497 e. The second-order valence-corrected chi connectivity index (χ2v) is 5.93. The van der Waals surface area contributed by atoms with E-state index in [1.54, 1.807) is 36.1 Å². The molecule has 1 aromatic carbocycles. The van der Waals surface area contributed by atoms with Gasteiger partial charge in [-0.2, -0.15) is 0 Å². The van der Waals surface area contributed by atoms with Gasteiger partial charge in [-0.3, -0.25) is 14.4 Å². The highest BCUT2D eigenvalue weighted by molar-refractivity contribution is 5.96. The van der Waals surface area contributed by atoms with Crippen LogP contribution in [0.15, 0.2) is 24.3 Å². The zero-order valence-corrected chi connectivity index (χ0v) is 14.6. The highest BCUT2D eigenvalue weighted by Gasteiger charge is 2.25. The lowest BCUT2D eigenvalue weighted by molar-refractivity contribution is -0.158. The molecular weight excluding hydrogens is 324 g/mol. The normalized spacial score (nSPS) is 15.2. The number of nitrogens with zero attached hydrogens (tertiary/aromatic N) is 1. The quantitative estimate of drug-likeness (QED) is 0.785. The standard InChI is InChI=1S/C18H24N2O5/c1-13(18(23)20-10-4-3-5-11-20)25-16(21)12-19-17(22)14-6-8-15(24-2)9-7-14/h6-9,13H,3-5,10-12H2,1-2H3,(H,19,22)/t13-/m1/s1. The lowest BCUT2D eigenvalue weighted by Crippen LogP contribution is -2.43. The molecule has 1 aromatic rings. The Balaban J connectivity index is 1.77. The minimum absolute atomic E-state index is 0.186. The molecule has 2 amide bonds. The molecule has 1 atom stereocenters. The van der Waals surface area contributed by atoms with E-state index in [1.807, 2.05) is 0 Å². The van der Waals surface area contributed by atoms with Crippen LogP contribution < -0.4 is 10.1 Å². The van der Waals surface area contributed by atoms with Gasteiger partial charge in [-0.25, -0.2) is 0 Å². The maximum Gasteiger partial charge on any atom is 0.326 e. The Morgan fingerprint density at radius 1 is 1.12 bits per heavy atom. The molecule has 7 heteroatoms. The first kappa shape index (κ1) is 18.8. The van der Waals surface area contributed by atoms with Crippen LogP contribution in [0.5, 0.6) is 5.75 Å². The van der Waals surface area contributed by atoms with Crippen LogP contribution in [0.1, 0.15) is 36.5 Å². The zero-order chi connectivity index (χ0) is 18.2. The first-order valence-electron chi connectivity index (χ1n) is 8.42. The van der Waals surface area contributed by atoms with E-state index in [-0.39, 0.29) is 12.5 Å². The van der Waals surface area contributed by atoms with E-state index in [0.717, 1.165) is 19.3 Å². The van der Waals surface area contributed by atoms with E-state index in [1.165, 1.54) is 7.11 Å². The van der Waals surface area contributed by atoms with E-state index >= 15 is 0 Å². The summed E-state index contributed by atoms with van der Waals surface area (Å²) in [6.45, 7) is 2.67. The van der Waals surface area contributed by atoms with Crippen LogP contribution in [0.25, 0.3) is 0 Å². The van der Waals surface area contributed by atoms with Gasteiger partial charge in [-0.15, -0.1) is 0 Å². The van der Waals surface area contributed by atoms with Crippen molar-refractivity contribution in [3.63, 3.8) is 0 Å². The first-order chi connectivity index (χ1) is 12.0. The Kier molecular flexibility index (Phi) is 6.80. The van der Waals surface area contributed by atoms with E-state index in [4.69, 9.17) is 9.47 Å². The number of carbonyl (C=O) groups is 3. The number of esters is 1. The fraction of sp³-hybridized carbons (Fsp3) is 0.500. The van der Waals surface area contributed by atoms with Gasteiger partial charge in [0.2, 0.25) is 0 Å². The summed E-state index contributed by atoms with van der Waals surface area (Å²) in [4.78, 5) is 37.8. The predicted molar refractivity (Wildman–Crippen MR) is 91.3 cm³/mol. The number of nitrogens with one attached hydrogen (secondary N) is 1. The molecule has 0 spiro atoms. The van der Waals surface area contributed by atoms with E-state index in [0.29, 0.717) is 24.4 Å². The van der Waals surface area contributed by atoms with Gasteiger partial charge in [-0.05, 0) is 50.5 Å². The number of rotatable bonds is 6. The molecular formula is C18H24N2O5. The second kappa shape index (κ2) is 9.05. The molecule has 0 aromatic heterocycles. The SMILES string of the molecule is COc1ccc(C(=O)NCC(=O)O[C@H](C)C(=O)N2CCCCC2)cc1. The Morgan fingerprint density at radius 3 is 2.36 bits per heavy atom. The zero-order valence-electron chi connectivity index (χ0n) is 14.6. The fourth-order valence-electron chi connectivity index (χ4n) is 2.66. The molecule has 1 saturated heterocycles. The average molecular weight is 348 g/mol. The maximum absolute atomic E-state index is 12.2. The van der Waals surface area contributed by atoms with Gasteiger partial charge >= 0.3 is 5.97 Å². The second-order valence-electron chi connectivity index (χ2n) is 5.93. The molecule has 1 N–H and O–H groups in total. The number of hydrogen-bond donors (Lipinski definition) is 1. The monoisotopic (exact) mass is 348 g/mol. The Labute approximate surface area is 147 Å². The van der Waals surface area contributed by atoms with E-state index in [2.05, 4.69) is 5.32 Å². The van der Waals surface area contributed by atoms with Crippen LogP contribution in [-0.2, 0) is 14.3 Å². The van der Waals surface area contributed by atoms with Gasteiger partial charge in [-0.1, -0.05) is 0 Å². The average Bonchev–Trinajstić information content (AvgIpc) is 2.66. The Bertz CT molecular complexity index is 608. The van der Waals surface area contributed by atoms with Crippen molar-refractivity contribution in [2.45, 2.75) is 32.3 Å². The van der Waals surface area contributed by atoms with Crippen LogP contribution in [0.3, 0.4) is 0 Å². The van der Waals surface area contributed by atoms with Crippen molar-refractivity contribution < 1.29 is 23.9 Å². The summed E-state index contributed by atoms with van der Waals surface area (Å²) in [6, 6.07) is 6.52. The third-order valence-corrected chi connectivity index (χ3v) is 4.07. The summed E-state index contributed by atoms with van der Waals surface area (Å²) >= 11 is 0. The number of ether oxygens (including phenoxy) is 2. The topological polar surface area (TPSA) is 84.9 Å². The number of benzene rings is 1. The van der Waals surface area contributed by atoms with E-state index in [9.17, 15) is 14.4 Å². The highest BCUT2D eigenvalue weighted by atomic mass is 16.5. The molecule has 25 heavy (non-hydrogen) atoms. The third-order valence-electron chi connectivity index (χ3n) is 4.07. The van der Waals surface area contributed by atoms with Gasteiger partial charge in [0.1, 0.15) is 12.3 Å². The molecule has 0 radical (unpaired) electrons. The third kappa shape index (κ3) is 5.48. The van der Waals surface area contributed by atoms with Crippen LogP contribution in [0, 0.1) is 0 Å².